The average molecular weight is 900 g/mol. The predicted octanol–water partition coefficient (Wildman–Crippen LogP) is 3.58. The third-order valence-electron chi connectivity index (χ3n) is 5.41. The SMILES string of the molecule is O=C1C=CC(Br)=CC1=CNCCN(CCNC=C1C=C(Br)C=CC1=O)CCNC=C1C=C(Br)C=CC1=O.[Tl]. The molecule has 0 saturated carbocycles. The smallest absolute Gasteiger partial charge is 0.187 e. The molecule has 38 heavy (non-hydrogen) atoms. The van der Waals surface area contributed by atoms with Crippen LogP contribution in [0.1, 0.15) is 0 Å². The van der Waals surface area contributed by atoms with Crippen LogP contribution in [-0.4, -0.2) is 88.8 Å². The topological polar surface area (TPSA) is 90.5 Å². The summed E-state index contributed by atoms with van der Waals surface area (Å²) in [4.78, 5) is 38.2. The van der Waals surface area contributed by atoms with E-state index in [1.807, 2.05) is 0 Å². The van der Waals surface area contributed by atoms with Crippen LogP contribution >= 0.6 is 47.8 Å². The molecule has 197 valence electrons. The maximum atomic E-state index is 12.0. The fraction of sp³-hybridized carbons (Fsp3) is 0.222. The standard InChI is InChI=1S/C27H27Br3N4O3.Tl/c28-22-1-4-25(35)19(13-22)16-31-7-10-34(11-8-32-17-20-14-23(29)2-5-26(20)36)12-9-33-18-21-15-24(30)3-6-27(21)37;/h1-6,13-18,31-33H,7-12H2;. The Labute approximate surface area is 268 Å². The van der Waals surface area contributed by atoms with Crippen molar-refractivity contribution in [2.75, 3.05) is 39.3 Å². The average Bonchev–Trinajstić information content (AvgIpc) is 2.87. The van der Waals surface area contributed by atoms with Crippen molar-refractivity contribution in [3.63, 3.8) is 0 Å². The monoisotopic (exact) mass is 897 g/mol. The van der Waals surface area contributed by atoms with Gasteiger partial charge in [0.2, 0.25) is 0 Å². The summed E-state index contributed by atoms with van der Waals surface area (Å²) in [5, 5.41) is 9.67. The molecule has 0 heterocycles. The Kier molecular flexibility index (Phi) is 14.7. The molecule has 0 bridgehead atoms. The third kappa shape index (κ3) is 11.2. The molecule has 7 nitrogen and oxygen atoms in total. The second-order valence-electron chi connectivity index (χ2n) is 8.18. The fourth-order valence-corrected chi connectivity index (χ4v) is 4.58. The first-order chi connectivity index (χ1) is 17.8. The molecule has 3 aliphatic carbocycles. The predicted molar refractivity (Wildman–Crippen MR) is 164 cm³/mol. The number of hydrogen-bond donors (Lipinski definition) is 3. The number of rotatable bonds is 12. The van der Waals surface area contributed by atoms with Gasteiger partial charge in [0.1, 0.15) is 0 Å². The zero-order valence-electron chi connectivity index (χ0n) is 20.6. The first-order valence-corrected chi connectivity index (χ1v) is 14.0. The molecule has 3 N–H and O–H groups in total. The minimum absolute atomic E-state index is 0. The van der Waals surface area contributed by atoms with Gasteiger partial charge in [-0.1, -0.05) is 47.8 Å². The summed E-state index contributed by atoms with van der Waals surface area (Å²) >= 11 is 10.2. The van der Waals surface area contributed by atoms with Gasteiger partial charge in [-0.05, 0) is 54.7 Å². The van der Waals surface area contributed by atoms with Gasteiger partial charge < -0.3 is 16.0 Å². The number of nitrogens with zero attached hydrogens (tertiary/aromatic N) is 1. The van der Waals surface area contributed by atoms with Crippen molar-refractivity contribution < 1.29 is 14.4 Å². The van der Waals surface area contributed by atoms with E-state index in [0.717, 1.165) is 33.1 Å². The first-order valence-electron chi connectivity index (χ1n) is 11.6. The number of carbonyl (C=O) groups excluding carboxylic acids is 3. The van der Waals surface area contributed by atoms with E-state index >= 15 is 0 Å². The van der Waals surface area contributed by atoms with Crippen LogP contribution < -0.4 is 16.0 Å². The zero-order valence-corrected chi connectivity index (χ0v) is 29.8. The van der Waals surface area contributed by atoms with Crippen molar-refractivity contribution in [3.8, 4) is 0 Å². The summed E-state index contributed by atoms with van der Waals surface area (Å²) in [6, 6.07) is 0. The summed E-state index contributed by atoms with van der Waals surface area (Å²) in [6.07, 6.45) is 20.3. The van der Waals surface area contributed by atoms with Crippen molar-refractivity contribution in [1.29, 1.82) is 0 Å². The number of hydrogen-bond acceptors (Lipinski definition) is 7. The van der Waals surface area contributed by atoms with Crippen LogP contribution in [0, 0.1) is 0 Å². The maximum absolute atomic E-state index is 12.0. The molecule has 11 heteroatoms. The summed E-state index contributed by atoms with van der Waals surface area (Å²) < 4.78 is 2.55. The summed E-state index contributed by atoms with van der Waals surface area (Å²) in [5.41, 5.74) is 1.79. The maximum Gasteiger partial charge on any atom is 0.187 e. The second-order valence-corrected chi connectivity index (χ2v) is 10.9. The Morgan fingerprint density at radius 2 is 0.842 bits per heavy atom. The molecular weight excluding hydrogens is 872 g/mol. The van der Waals surface area contributed by atoms with E-state index in [4.69, 9.17) is 0 Å². The van der Waals surface area contributed by atoms with Crippen molar-refractivity contribution >= 4 is 92.4 Å². The van der Waals surface area contributed by atoms with Gasteiger partial charge >= 0.3 is 0 Å². The van der Waals surface area contributed by atoms with Gasteiger partial charge in [-0.2, -0.15) is 0 Å². The van der Waals surface area contributed by atoms with Gasteiger partial charge in [-0.3, -0.25) is 19.3 Å². The van der Waals surface area contributed by atoms with Gasteiger partial charge in [0, 0.05) is 115 Å². The quantitative estimate of drug-likeness (QED) is 0.157. The van der Waals surface area contributed by atoms with E-state index in [9.17, 15) is 14.4 Å². The minimum Gasteiger partial charge on any atom is -0.389 e. The van der Waals surface area contributed by atoms with Gasteiger partial charge in [0.15, 0.2) is 17.3 Å². The Hall–Kier alpha value is -1.61. The van der Waals surface area contributed by atoms with E-state index in [1.165, 1.54) is 18.2 Å². The molecule has 0 spiro atoms. The zero-order chi connectivity index (χ0) is 26.6. The van der Waals surface area contributed by atoms with Gasteiger partial charge in [-0.15, -0.1) is 0 Å². The largest absolute Gasteiger partial charge is 0.389 e. The van der Waals surface area contributed by atoms with E-state index < -0.39 is 0 Å². The number of carbonyl (C=O) groups is 3. The summed E-state index contributed by atoms with van der Waals surface area (Å²) in [6.45, 7) is 4.13. The van der Waals surface area contributed by atoms with Crippen LogP contribution in [0.3, 0.4) is 0 Å². The Morgan fingerprint density at radius 3 is 1.13 bits per heavy atom. The van der Waals surface area contributed by atoms with Crippen LogP contribution in [0.5, 0.6) is 0 Å². The fourth-order valence-electron chi connectivity index (χ4n) is 3.45. The van der Waals surface area contributed by atoms with Crippen LogP contribution in [0.4, 0.5) is 0 Å². The minimum atomic E-state index is -0.0392. The molecule has 3 aliphatic rings. The Morgan fingerprint density at radius 1 is 0.553 bits per heavy atom. The van der Waals surface area contributed by atoms with Gasteiger partial charge in [0.25, 0.3) is 0 Å². The number of ketones is 3. The molecule has 0 aromatic carbocycles. The molecule has 1 radical (unpaired) electrons. The summed E-state index contributed by atoms with van der Waals surface area (Å²) in [5.74, 6) is -0.118. The second kappa shape index (κ2) is 17.2. The number of halogens is 3. The molecule has 0 amide bonds. The molecule has 0 aromatic heterocycles. The van der Waals surface area contributed by atoms with E-state index in [0.29, 0.717) is 36.4 Å². The Bertz CT molecular complexity index is 1060. The molecule has 0 saturated heterocycles. The van der Waals surface area contributed by atoms with Crippen molar-refractivity contribution in [2.24, 2.45) is 0 Å². The number of nitrogens with one attached hydrogen (secondary N) is 3. The molecule has 0 unspecified atom stereocenters. The van der Waals surface area contributed by atoms with Crippen molar-refractivity contribution in [3.05, 3.63) is 103 Å². The van der Waals surface area contributed by atoms with Crippen LogP contribution in [-0.2, 0) is 14.4 Å². The third-order valence-corrected chi connectivity index (χ3v) is 6.89. The van der Waals surface area contributed by atoms with Crippen LogP contribution in [0.25, 0.3) is 0 Å². The van der Waals surface area contributed by atoms with E-state index in [-0.39, 0.29) is 44.6 Å². The van der Waals surface area contributed by atoms with E-state index in [2.05, 4.69) is 68.6 Å². The van der Waals surface area contributed by atoms with Gasteiger partial charge in [-0.25, -0.2) is 0 Å². The molecule has 0 aliphatic heterocycles. The van der Waals surface area contributed by atoms with Crippen molar-refractivity contribution in [1.82, 2.24) is 20.9 Å². The normalized spacial score (nSPS) is 20.1. The summed E-state index contributed by atoms with van der Waals surface area (Å²) in [7, 11) is 0. The molecular formula is C27H27Br3N4O3Tl. The first kappa shape index (κ1) is 32.6. The molecule has 0 atom stereocenters. The van der Waals surface area contributed by atoms with Crippen LogP contribution in [0.15, 0.2) is 103 Å². The van der Waals surface area contributed by atoms with Crippen molar-refractivity contribution in [2.45, 2.75) is 0 Å². The Balaban J connectivity index is 0.00000507. The molecule has 0 aromatic rings. The van der Waals surface area contributed by atoms with Gasteiger partial charge in [0.05, 0.1) is 0 Å². The molecule has 0 fully saturated rings. The molecule has 3 rings (SSSR count). The van der Waals surface area contributed by atoms with E-state index in [1.54, 1.807) is 55.1 Å². The van der Waals surface area contributed by atoms with Crippen LogP contribution in [0.2, 0.25) is 0 Å². The number of allylic oxidation sites excluding steroid dienone is 15.